The average molecular weight is 304 g/mol. The van der Waals surface area contributed by atoms with E-state index < -0.39 is 0 Å². The van der Waals surface area contributed by atoms with Crippen LogP contribution in [0.25, 0.3) is 11.2 Å². The number of ether oxygens (including phenoxy) is 1. The van der Waals surface area contributed by atoms with Crippen LogP contribution in [0.15, 0.2) is 30.6 Å². The molecule has 0 amide bonds. The number of fused-ring (bicyclic) bond motifs is 1. The van der Waals surface area contributed by atoms with Gasteiger partial charge in [-0.3, -0.25) is 0 Å². The second-order valence-electron chi connectivity index (χ2n) is 4.64. The predicted molar refractivity (Wildman–Crippen MR) is 81.4 cm³/mol. The first kappa shape index (κ1) is 13.6. The van der Waals surface area contributed by atoms with Crippen LogP contribution in [-0.2, 0) is 13.5 Å². The van der Waals surface area contributed by atoms with Crippen molar-refractivity contribution in [3.05, 3.63) is 41.2 Å². The number of benzene rings is 1. The zero-order valence-electron chi connectivity index (χ0n) is 11.5. The van der Waals surface area contributed by atoms with Crippen LogP contribution in [0.2, 0.25) is 5.02 Å². The first-order valence-corrected chi connectivity index (χ1v) is 6.83. The maximum Gasteiger partial charge on any atom is 0.320 e. The lowest BCUT2D eigenvalue weighted by molar-refractivity contribution is 0.298. The molecule has 21 heavy (non-hydrogen) atoms. The Bertz CT molecular complexity index is 769. The van der Waals surface area contributed by atoms with Crippen molar-refractivity contribution in [3.8, 4) is 6.01 Å². The average Bonchev–Trinajstić information content (AvgIpc) is 2.83. The summed E-state index contributed by atoms with van der Waals surface area (Å²) in [5, 5.41) is 0.720. The summed E-state index contributed by atoms with van der Waals surface area (Å²) in [5.41, 5.74) is 8.22. The van der Waals surface area contributed by atoms with E-state index in [1.807, 2.05) is 31.3 Å². The van der Waals surface area contributed by atoms with E-state index >= 15 is 0 Å². The minimum atomic E-state index is 0.262. The molecule has 2 N–H and O–H groups in total. The number of anilines is 1. The van der Waals surface area contributed by atoms with E-state index in [0.29, 0.717) is 23.6 Å². The van der Waals surface area contributed by atoms with Gasteiger partial charge >= 0.3 is 6.01 Å². The molecule has 0 fully saturated rings. The molecule has 2 aromatic heterocycles. The van der Waals surface area contributed by atoms with E-state index in [1.54, 1.807) is 10.9 Å². The summed E-state index contributed by atoms with van der Waals surface area (Å²) in [6, 6.07) is 7.90. The highest BCUT2D eigenvalue weighted by Crippen LogP contribution is 2.18. The number of hydrogen-bond acceptors (Lipinski definition) is 5. The fourth-order valence-electron chi connectivity index (χ4n) is 1.98. The van der Waals surface area contributed by atoms with Gasteiger partial charge < -0.3 is 15.0 Å². The van der Waals surface area contributed by atoms with Gasteiger partial charge in [0.25, 0.3) is 0 Å². The smallest absolute Gasteiger partial charge is 0.320 e. The third-order valence-electron chi connectivity index (χ3n) is 3.10. The number of nitrogen functional groups attached to an aromatic ring is 1. The van der Waals surface area contributed by atoms with Crippen LogP contribution in [0, 0.1) is 0 Å². The number of nitrogens with two attached hydrogens (primary N) is 1. The summed E-state index contributed by atoms with van der Waals surface area (Å²) in [7, 11) is 1.85. The largest absolute Gasteiger partial charge is 0.463 e. The first-order valence-electron chi connectivity index (χ1n) is 6.45. The molecular weight excluding hydrogens is 290 g/mol. The quantitative estimate of drug-likeness (QED) is 0.799. The van der Waals surface area contributed by atoms with Gasteiger partial charge in [-0.1, -0.05) is 23.7 Å². The van der Waals surface area contributed by atoms with Crippen LogP contribution in [0.3, 0.4) is 0 Å². The molecule has 0 aliphatic carbocycles. The second-order valence-corrected chi connectivity index (χ2v) is 5.08. The molecule has 0 bridgehead atoms. The molecule has 108 valence electrons. The van der Waals surface area contributed by atoms with Crippen molar-refractivity contribution in [3.63, 3.8) is 0 Å². The number of rotatable bonds is 4. The molecule has 7 heteroatoms. The molecule has 6 nitrogen and oxygen atoms in total. The molecule has 0 radical (unpaired) electrons. The molecular formula is C14H14ClN5O. The number of hydrogen-bond donors (Lipinski definition) is 1. The molecule has 0 atom stereocenters. The van der Waals surface area contributed by atoms with Crippen molar-refractivity contribution in [2.24, 2.45) is 7.05 Å². The summed E-state index contributed by atoms with van der Waals surface area (Å²) in [5.74, 6) is 0.321. The van der Waals surface area contributed by atoms with Gasteiger partial charge in [-0.2, -0.15) is 9.97 Å². The van der Waals surface area contributed by atoms with E-state index in [1.165, 1.54) is 0 Å². The maximum absolute atomic E-state index is 5.85. The van der Waals surface area contributed by atoms with Gasteiger partial charge in [0.1, 0.15) is 5.52 Å². The Labute approximate surface area is 126 Å². The number of imidazole rings is 1. The van der Waals surface area contributed by atoms with Crippen LogP contribution < -0.4 is 10.5 Å². The predicted octanol–water partition coefficient (Wildman–Crippen LogP) is 2.22. The highest BCUT2D eigenvalue weighted by molar-refractivity contribution is 6.30. The van der Waals surface area contributed by atoms with E-state index in [-0.39, 0.29) is 6.01 Å². The Morgan fingerprint density at radius 2 is 2.00 bits per heavy atom. The third-order valence-corrected chi connectivity index (χ3v) is 3.35. The number of nitrogens with zero attached hydrogens (tertiary/aromatic N) is 4. The normalized spacial score (nSPS) is 11.0. The van der Waals surface area contributed by atoms with Gasteiger partial charge in [0.05, 0.1) is 12.9 Å². The lowest BCUT2D eigenvalue weighted by Crippen LogP contribution is -2.06. The van der Waals surface area contributed by atoms with Gasteiger partial charge in [0.15, 0.2) is 11.5 Å². The fraction of sp³-hybridized carbons (Fsp3) is 0.214. The molecule has 0 saturated carbocycles. The highest BCUT2D eigenvalue weighted by Gasteiger charge is 2.10. The molecule has 3 rings (SSSR count). The lowest BCUT2D eigenvalue weighted by Gasteiger charge is -2.06. The van der Waals surface area contributed by atoms with Crippen molar-refractivity contribution in [1.82, 2.24) is 19.5 Å². The molecule has 0 aliphatic rings. The molecule has 0 saturated heterocycles. The van der Waals surface area contributed by atoms with Crippen LogP contribution in [0.1, 0.15) is 5.56 Å². The molecule has 2 heterocycles. The van der Waals surface area contributed by atoms with Crippen molar-refractivity contribution < 1.29 is 4.74 Å². The Morgan fingerprint density at radius 3 is 2.76 bits per heavy atom. The van der Waals surface area contributed by atoms with Gasteiger partial charge in [0.2, 0.25) is 0 Å². The molecule has 0 spiro atoms. The topological polar surface area (TPSA) is 78.9 Å². The van der Waals surface area contributed by atoms with E-state index in [2.05, 4.69) is 15.0 Å². The van der Waals surface area contributed by atoms with Gasteiger partial charge in [0, 0.05) is 18.5 Å². The highest BCUT2D eigenvalue weighted by atomic mass is 35.5. The Balaban J connectivity index is 1.70. The van der Waals surface area contributed by atoms with Crippen LogP contribution in [0.4, 0.5) is 5.82 Å². The van der Waals surface area contributed by atoms with Crippen molar-refractivity contribution in [2.45, 2.75) is 6.42 Å². The molecule has 1 aromatic carbocycles. The van der Waals surface area contributed by atoms with Crippen LogP contribution >= 0.6 is 11.6 Å². The standard InChI is InChI=1S/C14H14ClN5O/c1-20-8-17-11-12(16)18-14(19-13(11)20)21-7-6-9-2-4-10(15)5-3-9/h2-5,8H,6-7H2,1H3,(H2,16,18,19). The number of aryl methyl sites for hydroxylation is 1. The van der Waals surface area contributed by atoms with Gasteiger partial charge in [-0.15, -0.1) is 0 Å². The minimum absolute atomic E-state index is 0.262. The van der Waals surface area contributed by atoms with Crippen molar-refractivity contribution >= 4 is 28.6 Å². The maximum atomic E-state index is 5.85. The first-order chi connectivity index (χ1) is 10.1. The monoisotopic (exact) mass is 303 g/mol. The molecule has 0 unspecified atom stereocenters. The van der Waals surface area contributed by atoms with Crippen LogP contribution in [0.5, 0.6) is 6.01 Å². The van der Waals surface area contributed by atoms with Crippen LogP contribution in [-0.4, -0.2) is 26.1 Å². The summed E-state index contributed by atoms with van der Waals surface area (Å²) in [6.45, 7) is 0.463. The van der Waals surface area contributed by atoms with Crippen molar-refractivity contribution in [2.75, 3.05) is 12.3 Å². The minimum Gasteiger partial charge on any atom is -0.463 e. The lowest BCUT2D eigenvalue weighted by atomic mass is 10.2. The summed E-state index contributed by atoms with van der Waals surface area (Å²) in [4.78, 5) is 12.6. The SMILES string of the molecule is Cn1cnc2c(N)nc(OCCc3ccc(Cl)cc3)nc21. The van der Waals surface area contributed by atoms with E-state index in [4.69, 9.17) is 22.1 Å². The fourth-order valence-corrected chi connectivity index (χ4v) is 2.11. The number of halogens is 1. The zero-order valence-corrected chi connectivity index (χ0v) is 12.2. The summed E-state index contributed by atoms with van der Waals surface area (Å²) < 4.78 is 7.35. The summed E-state index contributed by atoms with van der Waals surface area (Å²) in [6.07, 6.45) is 2.39. The Hall–Kier alpha value is -2.34. The third kappa shape index (κ3) is 2.90. The van der Waals surface area contributed by atoms with Gasteiger partial charge in [-0.05, 0) is 17.7 Å². The molecule has 0 aliphatic heterocycles. The second kappa shape index (κ2) is 5.57. The van der Waals surface area contributed by atoms with Crippen molar-refractivity contribution in [1.29, 1.82) is 0 Å². The van der Waals surface area contributed by atoms with E-state index in [0.717, 1.165) is 17.0 Å². The van der Waals surface area contributed by atoms with E-state index in [9.17, 15) is 0 Å². The zero-order chi connectivity index (χ0) is 14.8. The Kier molecular flexibility index (Phi) is 3.62. The Morgan fingerprint density at radius 1 is 1.24 bits per heavy atom. The summed E-state index contributed by atoms with van der Waals surface area (Å²) >= 11 is 5.85. The number of aromatic nitrogens is 4. The molecule has 3 aromatic rings. The van der Waals surface area contributed by atoms with Gasteiger partial charge in [-0.25, -0.2) is 4.98 Å².